The Kier molecular flexibility index (Phi) is 24.0. The third-order valence-electron chi connectivity index (χ3n) is 15.0. The van der Waals surface area contributed by atoms with E-state index in [2.05, 4.69) is 16.0 Å². The monoisotopic (exact) mass is 1170 g/mol. The van der Waals surface area contributed by atoms with Gasteiger partial charge in [0, 0.05) is 97.2 Å². The molecule has 0 radical (unpaired) electrons. The Morgan fingerprint density at radius 3 is 2.27 bits per heavy atom. The predicted octanol–water partition coefficient (Wildman–Crippen LogP) is 3.85. The van der Waals surface area contributed by atoms with Crippen molar-refractivity contribution in [3.05, 3.63) is 46.5 Å². The van der Waals surface area contributed by atoms with E-state index >= 15 is 0 Å². The number of amides is 7. The first-order chi connectivity index (χ1) is 38.2. The second kappa shape index (κ2) is 29.7. The van der Waals surface area contributed by atoms with Gasteiger partial charge >= 0.3 is 12.1 Å². The van der Waals surface area contributed by atoms with E-state index < -0.39 is 113 Å². The summed E-state index contributed by atoms with van der Waals surface area (Å²) >= 11 is 7.91. The fraction of sp³-hybridized carbons (Fsp3) is 0.625. The number of imide groups is 1. The Labute approximate surface area is 481 Å². The van der Waals surface area contributed by atoms with E-state index in [0.717, 1.165) is 27.8 Å². The van der Waals surface area contributed by atoms with Gasteiger partial charge in [0.05, 0.1) is 43.7 Å². The molecule has 4 N–H and O–H groups in total. The third kappa shape index (κ3) is 17.9. The van der Waals surface area contributed by atoms with Crippen LogP contribution in [0.4, 0.5) is 10.5 Å². The Balaban J connectivity index is 1.14. The number of alkyl carbamates (subject to hydrolysis) is 1. The summed E-state index contributed by atoms with van der Waals surface area (Å²) in [6.07, 6.45) is 0.830. The number of methoxy groups -OCH3 is 2. The number of fused-ring (bicyclic) bond motifs is 5. The van der Waals surface area contributed by atoms with Gasteiger partial charge in [-0.2, -0.15) is 0 Å². The summed E-state index contributed by atoms with van der Waals surface area (Å²) in [6.45, 7) is 7.91. The van der Waals surface area contributed by atoms with Gasteiger partial charge in [-0.25, -0.2) is 9.59 Å². The number of carbonyl (C=O) groups excluding carboxylic acids is 11. The standard InChI is InChI=1S/C56H77ClN6O17S/c1-10-36(64)15-12-16-37(65)30-59-46(68)20-19-38(66)31-58-45(67)18-13-22-63-49(71)27-42(52(63)72)81-23-21-47(69)61(6)34(4)53(73)79-44-28-48(70)62(7)39-25-35(26-40(76-8)50(39)57)24-32(2)14-11-17-43(77-9)56(75)29-41(78-54(74)60-56)33(3)51-55(44,5)80-51/h11,14,17,25-26,33-34,41-44,51,75H,10,12-13,15-16,18-24,27-31H2,1-9H3,(H,58,67)(H,59,68)(H,60,74)/b17-11+,32-14+/t33-,34+,41+,42?,43-,44+,51?,55+,56+/m1/s1. The number of likely N-dealkylation sites (tertiary alicyclic amines) is 1. The number of allylic oxidation sites excluding steroid dienone is 3. The Bertz CT molecular complexity index is 2630. The summed E-state index contributed by atoms with van der Waals surface area (Å²) < 4.78 is 29.4. The first-order valence-electron chi connectivity index (χ1n) is 27.1. The van der Waals surface area contributed by atoms with E-state index in [9.17, 15) is 57.8 Å². The lowest BCUT2D eigenvalue weighted by Crippen LogP contribution is -2.63. The Hall–Kier alpha value is -6.21. The number of ketones is 3. The number of anilines is 1. The van der Waals surface area contributed by atoms with E-state index in [-0.39, 0.29) is 93.3 Å². The summed E-state index contributed by atoms with van der Waals surface area (Å²) in [7, 11) is 5.78. The van der Waals surface area contributed by atoms with E-state index in [1.807, 2.05) is 13.0 Å². The molecule has 4 aliphatic rings. The lowest BCUT2D eigenvalue weighted by atomic mass is 9.83. The fourth-order valence-corrected chi connectivity index (χ4v) is 11.2. The van der Waals surface area contributed by atoms with Crippen molar-refractivity contribution in [2.45, 2.75) is 165 Å². The van der Waals surface area contributed by atoms with Crippen molar-refractivity contribution in [3.8, 4) is 5.75 Å². The number of thioether (sulfide) groups is 1. The van der Waals surface area contributed by atoms with Crippen LogP contribution in [0.5, 0.6) is 5.75 Å². The van der Waals surface area contributed by atoms with Gasteiger partial charge in [-0.3, -0.25) is 53.4 Å². The normalized spacial score (nSPS) is 26.2. The van der Waals surface area contributed by atoms with Crippen LogP contribution >= 0.6 is 23.4 Å². The molecule has 7 amide bonds. The number of epoxide rings is 1. The Morgan fingerprint density at radius 1 is 0.938 bits per heavy atom. The number of nitrogens with zero attached hydrogens (tertiary/aromatic N) is 3. The van der Waals surface area contributed by atoms with Crippen LogP contribution in [0, 0.1) is 5.92 Å². The SMILES string of the molecule is CCC(=O)CCCC(=O)CNC(=O)CCC(=O)CNC(=O)CCCN1C(=O)CC(SCCC(=O)N(C)[C@@H](C)C(=O)O[C@H]2CC(=O)N(C)c3cc(cc(OC)c3Cl)C/C(C)=C/C=C/[C@@H](OC)[C@@]3(O)C[C@H](OC(=O)N3)[C@@H](C)C3O[C@]32C)C1=O. The Morgan fingerprint density at radius 2 is 1.60 bits per heavy atom. The summed E-state index contributed by atoms with van der Waals surface area (Å²) in [5.74, 6) is -4.57. The number of hydrogen-bond acceptors (Lipinski definition) is 18. The molecule has 4 aliphatic heterocycles. The molecule has 4 bridgehead atoms. The number of carbonyl (C=O) groups is 11. The molecule has 2 unspecified atom stereocenters. The van der Waals surface area contributed by atoms with Crippen molar-refractivity contribution in [1.29, 1.82) is 0 Å². The molecule has 0 aliphatic carbocycles. The molecule has 81 heavy (non-hydrogen) atoms. The molecule has 1 aromatic carbocycles. The lowest BCUT2D eigenvalue weighted by Gasteiger charge is -2.42. The van der Waals surface area contributed by atoms with Crippen molar-refractivity contribution < 1.29 is 81.5 Å². The molecular formula is C56H77ClN6O17S. The average Bonchev–Trinajstić information content (AvgIpc) is 4.05. The van der Waals surface area contributed by atoms with Crippen LogP contribution in [0.3, 0.4) is 0 Å². The van der Waals surface area contributed by atoms with Crippen LogP contribution in [0.2, 0.25) is 5.02 Å². The molecule has 1 aromatic rings. The topological polar surface area (TPSA) is 303 Å². The van der Waals surface area contributed by atoms with E-state index in [1.165, 1.54) is 45.0 Å². The first kappa shape index (κ1) is 65.6. The van der Waals surface area contributed by atoms with Crippen molar-refractivity contribution >= 4 is 93.9 Å². The van der Waals surface area contributed by atoms with Crippen LogP contribution in [0.1, 0.15) is 117 Å². The molecule has 4 heterocycles. The van der Waals surface area contributed by atoms with Gasteiger partial charge in [-0.1, -0.05) is 49.2 Å². The van der Waals surface area contributed by atoms with Crippen molar-refractivity contribution in [1.82, 2.24) is 25.8 Å². The number of likely N-dealkylation sites (N-methyl/N-ethyl adjacent to an activating group) is 1. The summed E-state index contributed by atoms with van der Waals surface area (Å²) in [5, 5.41) is 18.6. The molecule has 0 aromatic heterocycles. The second-order valence-electron chi connectivity index (χ2n) is 21.1. The van der Waals surface area contributed by atoms with Gasteiger partial charge in [-0.15, -0.1) is 11.8 Å². The number of esters is 1. The second-order valence-corrected chi connectivity index (χ2v) is 22.8. The fourth-order valence-electron chi connectivity index (χ4n) is 9.76. The number of hydrogen-bond donors (Lipinski definition) is 4. The number of benzene rings is 1. The molecule has 0 spiro atoms. The minimum Gasteiger partial charge on any atom is -0.495 e. The van der Waals surface area contributed by atoms with E-state index in [1.54, 1.807) is 45.1 Å². The van der Waals surface area contributed by atoms with Crippen LogP contribution in [0.15, 0.2) is 35.9 Å². The molecular weight excluding hydrogens is 1100 g/mol. The van der Waals surface area contributed by atoms with Crippen molar-refractivity contribution in [2.24, 2.45) is 5.92 Å². The minimum absolute atomic E-state index is 0.0491. The van der Waals surface area contributed by atoms with Gasteiger partial charge in [0.15, 0.2) is 17.3 Å². The van der Waals surface area contributed by atoms with Crippen molar-refractivity contribution in [3.63, 3.8) is 0 Å². The number of ether oxygens (including phenoxy) is 5. The molecule has 9 atom stereocenters. The third-order valence-corrected chi connectivity index (χ3v) is 16.6. The highest BCUT2D eigenvalue weighted by Gasteiger charge is 2.64. The highest BCUT2D eigenvalue weighted by molar-refractivity contribution is 8.00. The number of halogens is 1. The molecule has 5 rings (SSSR count). The molecule has 0 saturated carbocycles. The first-order valence-corrected chi connectivity index (χ1v) is 28.6. The maximum Gasteiger partial charge on any atom is 0.409 e. The zero-order valence-corrected chi connectivity index (χ0v) is 49.1. The summed E-state index contributed by atoms with van der Waals surface area (Å²) in [4.78, 5) is 145. The van der Waals surface area contributed by atoms with Gasteiger partial charge in [0.1, 0.15) is 46.5 Å². The maximum atomic E-state index is 14.4. The number of aliphatic hydroxyl groups is 1. The highest BCUT2D eigenvalue weighted by atomic mass is 35.5. The van der Waals surface area contributed by atoms with Crippen LogP contribution < -0.4 is 25.6 Å². The van der Waals surface area contributed by atoms with E-state index in [4.69, 9.17) is 35.3 Å². The lowest BCUT2D eigenvalue weighted by molar-refractivity contribution is -0.162. The van der Waals surface area contributed by atoms with Crippen LogP contribution in [-0.2, 0) is 73.3 Å². The zero-order chi connectivity index (χ0) is 59.9. The van der Waals surface area contributed by atoms with Crippen molar-refractivity contribution in [2.75, 3.05) is 58.6 Å². The minimum atomic E-state index is -1.90. The number of rotatable bonds is 25. The van der Waals surface area contributed by atoms with E-state index in [0.29, 0.717) is 37.1 Å². The predicted molar refractivity (Wildman–Crippen MR) is 297 cm³/mol. The largest absolute Gasteiger partial charge is 0.495 e. The molecule has 446 valence electrons. The van der Waals surface area contributed by atoms with Gasteiger partial charge < -0.3 is 49.2 Å². The van der Waals surface area contributed by atoms with Crippen LogP contribution in [-0.4, -0.2) is 180 Å². The molecule has 3 fully saturated rings. The smallest absolute Gasteiger partial charge is 0.409 e. The zero-order valence-electron chi connectivity index (χ0n) is 47.6. The van der Waals surface area contributed by atoms with Gasteiger partial charge in [0.25, 0.3) is 0 Å². The molecule has 25 heteroatoms. The van der Waals surface area contributed by atoms with Gasteiger partial charge in [-0.05, 0) is 57.7 Å². The van der Waals surface area contributed by atoms with Gasteiger partial charge in [0.2, 0.25) is 35.4 Å². The average molecular weight is 1170 g/mol. The quantitative estimate of drug-likeness (QED) is 0.0614. The molecule has 23 nitrogen and oxygen atoms in total. The number of Topliss-reactive ketones (excluding diaryl/α,β-unsaturated/α-hetero) is 3. The molecule has 3 saturated heterocycles. The summed E-state index contributed by atoms with van der Waals surface area (Å²) in [6, 6.07) is 2.31. The number of nitrogens with one attached hydrogen (secondary N) is 3. The van der Waals surface area contributed by atoms with Crippen LogP contribution in [0.25, 0.3) is 0 Å². The highest BCUT2D eigenvalue weighted by Crippen LogP contribution is 2.49. The maximum absolute atomic E-state index is 14.4. The summed E-state index contributed by atoms with van der Waals surface area (Å²) in [5.41, 5.74) is -1.29.